The van der Waals surface area contributed by atoms with Gasteiger partial charge >= 0.3 is 5.97 Å². The molecule has 2 aliphatic carbocycles. The molecule has 2 rings (SSSR count). The molecule has 2 aliphatic rings. The van der Waals surface area contributed by atoms with Gasteiger partial charge in [-0.2, -0.15) is 0 Å². The summed E-state index contributed by atoms with van der Waals surface area (Å²) in [5.41, 5.74) is -0.387. The first kappa shape index (κ1) is 14.4. The summed E-state index contributed by atoms with van der Waals surface area (Å²) in [5.74, 6) is -1.65. The molecule has 108 valence electrons. The van der Waals surface area contributed by atoms with E-state index in [2.05, 4.69) is 0 Å². The second-order valence-corrected chi connectivity index (χ2v) is 6.71. The predicted octanol–water partition coefficient (Wildman–Crippen LogP) is 2.52. The quantitative estimate of drug-likeness (QED) is 0.799. The second-order valence-electron chi connectivity index (χ2n) is 6.71. The van der Waals surface area contributed by atoms with Crippen molar-refractivity contribution in [3.8, 4) is 0 Å². The van der Waals surface area contributed by atoms with Gasteiger partial charge in [-0.1, -0.05) is 39.5 Å². The zero-order valence-electron chi connectivity index (χ0n) is 12.2. The highest BCUT2D eigenvalue weighted by Crippen LogP contribution is 2.59. The normalized spacial score (nSPS) is 30.5. The van der Waals surface area contributed by atoms with Crippen LogP contribution in [0.4, 0.5) is 0 Å². The zero-order chi connectivity index (χ0) is 14.2. The van der Waals surface area contributed by atoms with E-state index in [0.717, 1.165) is 12.8 Å². The van der Waals surface area contributed by atoms with E-state index in [1.54, 1.807) is 0 Å². The van der Waals surface area contributed by atoms with Gasteiger partial charge in [-0.05, 0) is 18.3 Å². The maximum absolute atomic E-state index is 12.5. The minimum absolute atomic E-state index is 0.0318. The molecule has 2 fully saturated rings. The highest BCUT2D eigenvalue weighted by atomic mass is 16.4. The number of carboxylic acid groups (broad SMARTS) is 1. The Labute approximate surface area is 115 Å². The average molecular weight is 267 g/mol. The van der Waals surface area contributed by atoms with Crippen molar-refractivity contribution in [2.75, 3.05) is 7.05 Å². The Bertz CT molecular complexity index is 370. The smallest absolute Gasteiger partial charge is 0.307 e. The number of nitrogens with zero attached hydrogens (tertiary/aromatic N) is 1. The van der Waals surface area contributed by atoms with E-state index in [1.165, 1.54) is 25.7 Å². The summed E-state index contributed by atoms with van der Waals surface area (Å²) in [6.07, 6.45) is 6.99. The first-order valence-corrected chi connectivity index (χ1v) is 7.37. The summed E-state index contributed by atoms with van der Waals surface area (Å²) in [5, 5.41) is 9.17. The number of aliphatic carboxylic acids is 1. The van der Waals surface area contributed by atoms with Crippen molar-refractivity contribution in [2.45, 2.75) is 58.4 Å². The summed E-state index contributed by atoms with van der Waals surface area (Å²) in [7, 11) is 1.85. The van der Waals surface area contributed by atoms with E-state index in [4.69, 9.17) is 0 Å². The number of rotatable bonds is 3. The molecule has 2 atom stereocenters. The molecule has 0 aliphatic heterocycles. The van der Waals surface area contributed by atoms with Gasteiger partial charge in [-0.15, -0.1) is 0 Å². The third-order valence-corrected chi connectivity index (χ3v) is 5.08. The highest BCUT2D eigenvalue weighted by Gasteiger charge is 2.66. The van der Waals surface area contributed by atoms with Gasteiger partial charge in [0.05, 0.1) is 11.8 Å². The van der Waals surface area contributed by atoms with Gasteiger partial charge in [0, 0.05) is 13.1 Å². The van der Waals surface area contributed by atoms with Gasteiger partial charge in [0.25, 0.3) is 0 Å². The number of carbonyl (C=O) groups is 2. The Morgan fingerprint density at radius 1 is 1.05 bits per heavy atom. The molecule has 2 unspecified atom stereocenters. The third-order valence-electron chi connectivity index (χ3n) is 5.08. The molecule has 1 N–H and O–H groups in total. The van der Waals surface area contributed by atoms with Gasteiger partial charge in [0.2, 0.25) is 5.91 Å². The fraction of sp³-hybridized carbons (Fsp3) is 0.867. The third kappa shape index (κ3) is 2.63. The first-order chi connectivity index (χ1) is 8.87. The van der Waals surface area contributed by atoms with Crippen LogP contribution in [0.5, 0.6) is 0 Å². The lowest BCUT2D eigenvalue weighted by Crippen LogP contribution is -2.38. The molecule has 0 aromatic rings. The lowest BCUT2D eigenvalue weighted by molar-refractivity contribution is -0.142. The van der Waals surface area contributed by atoms with E-state index in [-0.39, 0.29) is 17.2 Å². The minimum atomic E-state index is -0.836. The van der Waals surface area contributed by atoms with Crippen molar-refractivity contribution < 1.29 is 14.7 Å². The minimum Gasteiger partial charge on any atom is -0.481 e. The number of amides is 1. The molecule has 0 aromatic carbocycles. The number of hydrogen-bond acceptors (Lipinski definition) is 2. The molecule has 0 saturated heterocycles. The molecule has 0 spiro atoms. The topological polar surface area (TPSA) is 57.6 Å². The van der Waals surface area contributed by atoms with Crippen LogP contribution in [0, 0.1) is 17.3 Å². The summed E-state index contributed by atoms with van der Waals surface area (Å²) in [4.78, 5) is 25.5. The van der Waals surface area contributed by atoms with E-state index < -0.39 is 11.9 Å². The summed E-state index contributed by atoms with van der Waals surface area (Å²) < 4.78 is 0. The molecular formula is C15H25NO3. The Hall–Kier alpha value is -1.06. The van der Waals surface area contributed by atoms with E-state index in [9.17, 15) is 14.7 Å². The zero-order valence-corrected chi connectivity index (χ0v) is 12.2. The number of hydrogen-bond donors (Lipinski definition) is 1. The van der Waals surface area contributed by atoms with Crippen LogP contribution in [0.15, 0.2) is 0 Å². The SMILES string of the molecule is CN(C(=O)C1C(C(=O)O)C1(C)C)C1CCCCCC1. The van der Waals surface area contributed by atoms with Crippen LogP contribution in [0.1, 0.15) is 52.4 Å². The van der Waals surface area contributed by atoms with Crippen molar-refractivity contribution >= 4 is 11.9 Å². The average Bonchev–Trinajstić information content (AvgIpc) is 3.00. The lowest BCUT2D eigenvalue weighted by Gasteiger charge is -2.28. The molecule has 4 nitrogen and oxygen atoms in total. The predicted molar refractivity (Wildman–Crippen MR) is 72.7 cm³/mol. The lowest BCUT2D eigenvalue weighted by atomic mass is 10.1. The van der Waals surface area contributed by atoms with Crippen LogP contribution in [0.2, 0.25) is 0 Å². The maximum atomic E-state index is 12.5. The second kappa shape index (κ2) is 5.14. The molecule has 0 heterocycles. The van der Waals surface area contributed by atoms with Crippen LogP contribution in [0.25, 0.3) is 0 Å². The molecule has 0 aromatic heterocycles. The van der Waals surface area contributed by atoms with Crippen molar-refractivity contribution in [1.82, 2.24) is 4.90 Å². The Morgan fingerprint density at radius 3 is 2.00 bits per heavy atom. The summed E-state index contributed by atoms with van der Waals surface area (Å²) >= 11 is 0. The highest BCUT2D eigenvalue weighted by molar-refractivity contribution is 5.91. The Kier molecular flexibility index (Phi) is 3.88. The maximum Gasteiger partial charge on any atom is 0.307 e. The van der Waals surface area contributed by atoms with Gasteiger partial charge in [0.1, 0.15) is 0 Å². The van der Waals surface area contributed by atoms with Crippen LogP contribution in [-0.4, -0.2) is 35.0 Å². The van der Waals surface area contributed by atoms with E-state index in [1.807, 2.05) is 25.8 Å². The standard InChI is InChI=1S/C15H25NO3/c1-15(2)11(12(15)14(18)19)13(17)16(3)10-8-6-4-5-7-9-10/h10-12H,4-9H2,1-3H3,(H,18,19). The molecule has 0 radical (unpaired) electrons. The van der Waals surface area contributed by atoms with Crippen LogP contribution < -0.4 is 0 Å². The Balaban J connectivity index is 2.01. The van der Waals surface area contributed by atoms with Gasteiger partial charge in [-0.3, -0.25) is 9.59 Å². The monoisotopic (exact) mass is 267 g/mol. The fourth-order valence-corrected chi connectivity index (χ4v) is 3.60. The van der Waals surface area contributed by atoms with Gasteiger partial charge in [0.15, 0.2) is 0 Å². The number of carboxylic acids is 1. The summed E-state index contributed by atoms with van der Waals surface area (Å²) in [6, 6.07) is 0.306. The van der Waals surface area contributed by atoms with Gasteiger partial charge < -0.3 is 10.0 Å². The number of carbonyl (C=O) groups excluding carboxylic acids is 1. The molecular weight excluding hydrogens is 242 g/mol. The molecule has 4 heteroatoms. The van der Waals surface area contributed by atoms with Crippen molar-refractivity contribution in [3.63, 3.8) is 0 Å². The van der Waals surface area contributed by atoms with Crippen molar-refractivity contribution in [1.29, 1.82) is 0 Å². The first-order valence-electron chi connectivity index (χ1n) is 7.37. The molecule has 0 bridgehead atoms. The van der Waals surface area contributed by atoms with Crippen molar-refractivity contribution in [2.24, 2.45) is 17.3 Å². The van der Waals surface area contributed by atoms with E-state index in [0.29, 0.717) is 6.04 Å². The molecule has 1 amide bonds. The van der Waals surface area contributed by atoms with Crippen molar-refractivity contribution in [3.05, 3.63) is 0 Å². The van der Waals surface area contributed by atoms with Crippen LogP contribution in [-0.2, 0) is 9.59 Å². The largest absolute Gasteiger partial charge is 0.481 e. The molecule has 2 saturated carbocycles. The molecule has 19 heavy (non-hydrogen) atoms. The fourth-order valence-electron chi connectivity index (χ4n) is 3.60. The van der Waals surface area contributed by atoms with Crippen LogP contribution in [0.3, 0.4) is 0 Å². The summed E-state index contributed by atoms with van der Waals surface area (Å²) in [6.45, 7) is 3.77. The van der Waals surface area contributed by atoms with Gasteiger partial charge in [-0.25, -0.2) is 0 Å². The van der Waals surface area contributed by atoms with Crippen LogP contribution >= 0.6 is 0 Å². The van der Waals surface area contributed by atoms with E-state index >= 15 is 0 Å². The Morgan fingerprint density at radius 2 is 1.58 bits per heavy atom.